The Kier molecular flexibility index (Phi) is 5.22. The molecule has 0 saturated carbocycles. The number of nitrogens with one attached hydrogen (secondary N) is 1. The summed E-state index contributed by atoms with van der Waals surface area (Å²) in [5, 5.41) is 14.6. The number of amidine groups is 1. The Morgan fingerprint density at radius 1 is 1.29 bits per heavy atom. The zero-order valence-corrected chi connectivity index (χ0v) is 11.5. The first-order valence-electron chi connectivity index (χ1n) is 6.58. The van der Waals surface area contributed by atoms with Gasteiger partial charge in [0, 0.05) is 37.0 Å². The fraction of sp³-hybridized carbons (Fsp3) is 0.200. The Morgan fingerprint density at radius 3 is 2.86 bits per heavy atom. The highest BCUT2D eigenvalue weighted by Crippen LogP contribution is 2.12. The van der Waals surface area contributed by atoms with Crippen LogP contribution in [0.5, 0.6) is 0 Å². The van der Waals surface area contributed by atoms with Crippen molar-refractivity contribution in [2.75, 3.05) is 6.54 Å². The molecular weight excluding hydrogens is 271 g/mol. The monoisotopic (exact) mass is 288 g/mol. The number of rotatable bonds is 6. The summed E-state index contributed by atoms with van der Waals surface area (Å²) >= 11 is 0. The van der Waals surface area contributed by atoms with Crippen molar-refractivity contribution in [1.82, 2.24) is 10.3 Å². The second-order valence-electron chi connectivity index (χ2n) is 4.51. The second kappa shape index (κ2) is 7.35. The summed E-state index contributed by atoms with van der Waals surface area (Å²) in [6, 6.07) is 10.6. The maximum Gasteiger partial charge on any atom is 0.173 e. The fourth-order valence-electron chi connectivity index (χ4n) is 1.95. The molecule has 0 fully saturated rings. The van der Waals surface area contributed by atoms with Gasteiger partial charge in [-0.1, -0.05) is 23.4 Å². The van der Waals surface area contributed by atoms with E-state index in [1.165, 1.54) is 6.07 Å². The Morgan fingerprint density at radius 2 is 2.14 bits per heavy atom. The molecule has 1 aromatic carbocycles. The Balaban J connectivity index is 1.92. The van der Waals surface area contributed by atoms with Crippen molar-refractivity contribution in [2.24, 2.45) is 10.9 Å². The molecule has 0 amide bonds. The molecule has 0 unspecified atom stereocenters. The van der Waals surface area contributed by atoms with Crippen molar-refractivity contribution in [3.05, 3.63) is 65.2 Å². The lowest BCUT2D eigenvalue weighted by Crippen LogP contribution is -2.20. The van der Waals surface area contributed by atoms with E-state index in [9.17, 15) is 4.39 Å². The Hall–Kier alpha value is -2.47. The molecule has 110 valence electrons. The average Bonchev–Trinajstić information content (AvgIpc) is 2.53. The largest absolute Gasteiger partial charge is 0.409 e. The molecule has 1 aromatic heterocycles. The van der Waals surface area contributed by atoms with Gasteiger partial charge in [-0.15, -0.1) is 0 Å². The van der Waals surface area contributed by atoms with Crippen molar-refractivity contribution < 1.29 is 9.60 Å². The van der Waals surface area contributed by atoms with Gasteiger partial charge >= 0.3 is 0 Å². The van der Waals surface area contributed by atoms with Gasteiger partial charge in [-0.25, -0.2) is 4.39 Å². The van der Waals surface area contributed by atoms with Gasteiger partial charge in [0.25, 0.3) is 0 Å². The van der Waals surface area contributed by atoms with Crippen LogP contribution in [0.25, 0.3) is 0 Å². The van der Waals surface area contributed by atoms with Gasteiger partial charge in [-0.2, -0.15) is 0 Å². The highest BCUT2D eigenvalue weighted by Gasteiger charge is 2.10. The van der Waals surface area contributed by atoms with Gasteiger partial charge in [0.05, 0.1) is 5.56 Å². The zero-order valence-electron chi connectivity index (χ0n) is 11.5. The fourth-order valence-corrected chi connectivity index (χ4v) is 1.95. The number of hydrogen-bond donors (Lipinski definition) is 3. The predicted octanol–water partition coefficient (Wildman–Crippen LogP) is 1.65. The third-order valence-electron chi connectivity index (χ3n) is 3.06. The molecule has 4 N–H and O–H groups in total. The van der Waals surface area contributed by atoms with Crippen LogP contribution in [-0.2, 0) is 13.0 Å². The molecular formula is C15H17FN4O. The lowest BCUT2D eigenvalue weighted by Gasteiger charge is -2.08. The van der Waals surface area contributed by atoms with Crippen molar-refractivity contribution in [3.63, 3.8) is 0 Å². The number of halogens is 1. The van der Waals surface area contributed by atoms with E-state index in [-0.39, 0.29) is 11.4 Å². The van der Waals surface area contributed by atoms with Gasteiger partial charge in [0.2, 0.25) is 0 Å². The van der Waals surface area contributed by atoms with E-state index >= 15 is 0 Å². The SMILES string of the molecule is N/C(=N/O)c1cccc(CNCCc2ccccn2)c1F. The second-order valence-corrected chi connectivity index (χ2v) is 4.51. The van der Waals surface area contributed by atoms with Gasteiger partial charge in [0.1, 0.15) is 5.82 Å². The molecule has 0 spiro atoms. The van der Waals surface area contributed by atoms with E-state index < -0.39 is 5.82 Å². The summed E-state index contributed by atoms with van der Waals surface area (Å²) in [6.07, 6.45) is 2.51. The molecule has 0 aliphatic carbocycles. The lowest BCUT2D eigenvalue weighted by atomic mass is 10.1. The van der Waals surface area contributed by atoms with Crippen LogP contribution in [0.1, 0.15) is 16.8 Å². The number of aromatic nitrogens is 1. The van der Waals surface area contributed by atoms with E-state index in [4.69, 9.17) is 10.9 Å². The number of benzene rings is 1. The highest BCUT2D eigenvalue weighted by molar-refractivity contribution is 5.97. The van der Waals surface area contributed by atoms with Gasteiger partial charge in [-0.3, -0.25) is 4.98 Å². The van der Waals surface area contributed by atoms with Crippen molar-refractivity contribution in [1.29, 1.82) is 0 Å². The number of nitrogens with two attached hydrogens (primary N) is 1. The minimum absolute atomic E-state index is 0.0986. The van der Waals surface area contributed by atoms with Crippen molar-refractivity contribution >= 4 is 5.84 Å². The number of hydrogen-bond acceptors (Lipinski definition) is 4. The topological polar surface area (TPSA) is 83.5 Å². The van der Waals surface area contributed by atoms with E-state index in [0.29, 0.717) is 18.7 Å². The zero-order chi connectivity index (χ0) is 15.1. The molecule has 0 aliphatic rings. The molecule has 0 atom stereocenters. The molecule has 1 heterocycles. The van der Waals surface area contributed by atoms with Crippen LogP contribution in [0.3, 0.4) is 0 Å². The third kappa shape index (κ3) is 4.00. The third-order valence-corrected chi connectivity index (χ3v) is 3.06. The smallest absolute Gasteiger partial charge is 0.173 e. The summed E-state index contributed by atoms with van der Waals surface area (Å²) in [5.41, 5.74) is 6.98. The summed E-state index contributed by atoms with van der Waals surface area (Å²) < 4.78 is 14.1. The Labute approximate surface area is 122 Å². The van der Waals surface area contributed by atoms with Crippen molar-refractivity contribution in [3.8, 4) is 0 Å². The van der Waals surface area contributed by atoms with E-state index in [1.807, 2.05) is 18.2 Å². The minimum Gasteiger partial charge on any atom is -0.409 e. The summed E-state index contributed by atoms with van der Waals surface area (Å²) in [6.45, 7) is 1.05. The molecule has 0 radical (unpaired) electrons. The van der Waals surface area contributed by atoms with E-state index in [0.717, 1.165) is 12.1 Å². The summed E-state index contributed by atoms with van der Waals surface area (Å²) in [5.74, 6) is -0.707. The van der Waals surface area contributed by atoms with Crippen LogP contribution in [0.4, 0.5) is 4.39 Å². The standard InChI is InChI=1S/C15H17FN4O/c16-14-11(4-3-6-13(14)15(17)20-21)10-18-9-7-12-5-1-2-8-19-12/h1-6,8,18,21H,7,9-10H2,(H2,17,20). The molecule has 0 aliphatic heterocycles. The van der Waals surface area contributed by atoms with Crippen LogP contribution < -0.4 is 11.1 Å². The maximum atomic E-state index is 14.1. The van der Waals surface area contributed by atoms with Crippen LogP contribution in [0.15, 0.2) is 47.8 Å². The van der Waals surface area contributed by atoms with E-state index in [1.54, 1.807) is 18.3 Å². The normalized spacial score (nSPS) is 11.6. The number of oxime groups is 1. The van der Waals surface area contributed by atoms with Crippen LogP contribution in [0, 0.1) is 5.82 Å². The maximum absolute atomic E-state index is 14.1. The number of nitrogens with zero attached hydrogens (tertiary/aromatic N) is 2. The van der Waals surface area contributed by atoms with Crippen LogP contribution in [-0.4, -0.2) is 22.6 Å². The van der Waals surface area contributed by atoms with Crippen LogP contribution >= 0.6 is 0 Å². The van der Waals surface area contributed by atoms with Crippen LogP contribution in [0.2, 0.25) is 0 Å². The Bertz CT molecular complexity index is 616. The first-order valence-corrected chi connectivity index (χ1v) is 6.58. The lowest BCUT2D eigenvalue weighted by molar-refractivity contribution is 0.318. The molecule has 21 heavy (non-hydrogen) atoms. The summed E-state index contributed by atoms with van der Waals surface area (Å²) in [4.78, 5) is 4.22. The first-order chi connectivity index (χ1) is 10.2. The molecule has 0 saturated heterocycles. The van der Waals surface area contributed by atoms with Crippen molar-refractivity contribution in [2.45, 2.75) is 13.0 Å². The minimum atomic E-state index is -0.474. The molecule has 2 rings (SSSR count). The first kappa shape index (κ1) is 14.9. The molecule has 0 bridgehead atoms. The quantitative estimate of drug-likeness (QED) is 0.248. The predicted molar refractivity (Wildman–Crippen MR) is 78.6 cm³/mol. The average molecular weight is 288 g/mol. The van der Waals surface area contributed by atoms with Gasteiger partial charge in [-0.05, 0) is 18.2 Å². The molecule has 6 heteroatoms. The van der Waals surface area contributed by atoms with Gasteiger partial charge < -0.3 is 16.3 Å². The molecule has 5 nitrogen and oxygen atoms in total. The molecule has 2 aromatic rings. The van der Waals surface area contributed by atoms with Gasteiger partial charge in [0.15, 0.2) is 5.84 Å². The summed E-state index contributed by atoms with van der Waals surface area (Å²) in [7, 11) is 0. The van der Waals surface area contributed by atoms with E-state index in [2.05, 4.69) is 15.5 Å². The highest BCUT2D eigenvalue weighted by atomic mass is 19.1. The number of pyridine rings is 1.